The fourth-order valence-electron chi connectivity index (χ4n) is 2.07. The van der Waals surface area contributed by atoms with Crippen LogP contribution in [0.4, 0.5) is 4.39 Å². The standard InChI is InChI=1S/C15H20FN3O/c1-3-6-19-10-18-8-13(19)9-20-15-5-4-12(16)7-14(15)11(2)17/h4-5,7-8,10-11H,3,6,9,17H2,1-2H3/t11-/m0/s1. The molecule has 4 nitrogen and oxygen atoms in total. The topological polar surface area (TPSA) is 53.1 Å². The number of imidazole rings is 1. The Morgan fingerprint density at radius 3 is 2.95 bits per heavy atom. The summed E-state index contributed by atoms with van der Waals surface area (Å²) in [6.45, 7) is 5.22. The van der Waals surface area contributed by atoms with Crippen LogP contribution in [-0.4, -0.2) is 9.55 Å². The molecule has 0 saturated carbocycles. The molecule has 2 rings (SSSR count). The van der Waals surface area contributed by atoms with Crippen molar-refractivity contribution in [2.24, 2.45) is 5.73 Å². The first kappa shape index (κ1) is 14.5. The minimum Gasteiger partial charge on any atom is -0.487 e. The summed E-state index contributed by atoms with van der Waals surface area (Å²) in [5.41, 5.74) is 7.51. The SMILES string of the molecule is CCCn1cncc1COc1ccc(F)cc1[C@H](C)N. The summed E-state index contributed by atoms with van der Waals surface area (Å²) in [6, 6.07) is 4.14. The molecule has 0 spiro atoms. The van der Waals surface area contributed by atoms with Crippen LogP contribution in [0.5, 0.6) is 5.75 Å². The van der Waals surface area contributed by atoms with Crippen LogP contribution in [0.3, 0.4) is 0 Å². The molecule has 2 N–H and O–H groups in total. The number of benzene rings is 1. The molecule has 0 aliphatic carbocycles. The number of aromatic nitrogens is 2. The lowest BCUT2D eigenvalue weighted by Gasteiger charge is -2.14. The second kappa shape index (κ2) is 6.52. The molecule has 0 unspecified atom stereocenters. The normalized spacial score (nSPS) is 12.4. The highest BCUT2D eigenvalue weighted by Gasteiger charge is 2.11. The van der Waals surface area contributed by atoms with Crippen molar-refractivity contribution in [1.29, 1.82) is 0 Å². The average Bonchev–Trinajstić information content (AvgIpc) is 2.85. The molecule has 108 valence electrons. The molecule has 0 aliphatic heterocycles. The molecule has 1 aromatic heterocycles. The van der Waals surface area contributed by atoms with Crippen LogP contribution in [0.25, 0.3) is 0 Å². The van der Waals surface area contributed by atoms with Crippen molar-refractivity contribution in [3.05, 3.63) is 47.8 Å². The summed E-state index contributed by atoms with van der Waals surface area (Å²) in [6.07, 6.45) is 4.61. The quantitative estimate of drug-likeness (QED) is 0.883. The molecule has 20 heavy (non-hydrogen) atoms. The van der Waals surface area contributed by atoms with Crippen molar-refractivity contribution in [2.45, 2.75) is 39.5 Å². The van der Waals surface area contributed by atoms with E-state index in [1.165, 1.54) is 12.1 Å². The lowest BCUT2D eigenvalue weighted by Crippen LogP contribution is -2.10. The number of nitrogens with zero attached hydrogens (tertiary/aromatic N) is 2. The van der Waals surface area contributed by atoms with E-state index in [-0.39, 0.29) is 11.9 Å². The lowest BCUT2D eigenvalue weighted by molar-refractivity contribution is 0.289. The predicted octanol–water partition coefficient (Wildman–Crippen LogP) is 3.03. The van der Waals surface area contributed by atoms with Crippen molar-refractivity contribution in [3.8, 4) is 5.75 Å². The van der Waals surface area contributed by atoms with Crippen molar-refractivity contribution < 1.29 is 9.13 Å². The smallest absolute Gasteiger partial charge is 0.130 e. The zero-order valence-corrected chi connectivity index (χ0v) is 11.8. The molecule has 2 aromatic rings. The summed E-state index contributed by atoms with van der Waals surface area (Å²) >= 11 is 0. The van der Waals surface area contributed by atoms with Gasteiger partial charge in [-0.2, -0.15) is 0 Å². The third kappa shape index (κ3) is 3.36. The van der Waals surface area contributed by atoms with Gasteiger partial charge >= 0.3 is 0 Å². The largest absolute Gasteiger partial charge is 0.487 e. The van der Waals surface area contributed by atoms with Gasteiger partial charge in [0.15, 0.2) is 0 Å². The zero-order chi connectivity index (χ0) is 14.5. The Morgan fingerprint density at radius 2 is 2.25 bits per heavy atom. The molecule has 0 bridgehead atoms. The minimum absolute atomic E-state index is 0.277. The fraction of sp³-hybridized carbons (Fsp3) is 0.400. The number of rotatable bonds is 6. The fourth-order valence-corrected chi connectivity index (χ4v) is 2.07. The van der Waals surface area contributed by atoms with Crippen LogP contribution in [0.1, 0.15) is 37.6 Å². The first-order valence-corrected chi connectivity index (χ1v) is 6.78. The monoisotopic (exact) mass is 277 g/mol. The Hall–Kier alpha value is -1.88. The van der Waals surface area contributed by atoms with Crippen molar-refractivity contribution in [2.75, 3.05) is 0 Å². The number of halogens is 1. The molecule has 0 saturated heterocycles. The molecule has 1 atom stereocenters. The van der Waals surface area contributed by atoms with Gasteiger partial charge in [0.2, 0.25) is 0 Å². The molecule has 5 heteroatoms. The maximum absolute atomic E-state index is 13.3. The Labute approximate surface area is 118 Å². The van der Waals surface area contributed by atoms with Crippen molar-refractivity contribution in [3.63, 3.8) is 0 Å². The highest BCUT2D eigenvalue weighted by Crippen LogP contribution is 2.25. The number of ether oxygens (including phenoxy) is 1. The molecule has 1 heterocycles. The first-order chi connectivity index (χ1) is 9.61. The van der Waals surface area contributed by atoms with E-state index in [9.17, 15) is 4.39 Å². The van der Waals surface area contributed by atoms with E-state index in [4.69, 9.17) is 10.5 Å². The summed E-state index contributed by atoms with van der Waals surface area (Å²) in [5.74, 6) is 0.311. The molecule has 0 amide bonds. The zero-order valence-electron chi connectivity index (χ0n) is 11.8. The number of hydrogen-bond donors (Lipinski definition) is 1. The second-order valence-electron chi connectivity index (χ2n) is 4.84. The van der Waals surface area contributed by atoms with E-state index in [0.717, 1.165) is 18.7 Å². The van der Waals surface area contributed by atoms with Crippen molar-refractivity contribution >= 4 is 0 Å². The highest BCUT2D eigenvalue weighted by molar-refractivity contribution is 5.36. The van der Waals surface area contributed by atoms with Crippen LogP contribution in [0.15, 0.2) is 30.7 Å². The Bertz CT molecular complexity index is 566. The van der Waals surface area contributed by atoms with Crippen LogP contribution < -0.4 is 10.5 Å². The maximum atomic E-state index is 13.3. The third-order valence-electron chi connectivity index (χ3n) is 3.10. The van der Waals surface area contributed by atoms with Crippen LogP contribution in [-0.2, 0) is 13.2 Å². The van der Waals surface area contributed by atoms with Gasteiger partial charge in [0, 0.05) is 18.2 Å². The number of hydrogen-bond acceptors (Lipinski definition) is 3. The maximum Gasteiger partial charge on any atom is 0.130 e. The predicted molar refractivity (Wildman–Crippen MR) is 75.9 cm³/mol. The summed E-state index contributed by atoms with van der Waals surface area (Å²) in [4.78, 5) is 4.12. The van der Waals surface area contributed by atoms with Crippen molar-refractivity contribution in [1.82, 2.24) is 9.55 Å². The lowest BCUT2D eigenvalue weighted by atomic mass is 10.1. The number of nitrogens with two attached hydrogens (primary N) is 1. The van der Waals surface area contributed by atoms with E-state index >= 15 is 0 Å². The highest BCUT2D eigenvalue weighted by atomic mass is 19.1. The molecule has 0 radical (unpaired) electrons. The molecule has 0 aliphatic rings. The van der Waals surface area contributed by atoms with Gasteiger partial charge < -0.3 is 15.0 Å². The Balaban J connectivity index is 2.12. The van der Waals surface area contributed by atoms with Crippen LogP contribution in [0.2, 0.25) is 0 Å². The first-order valence-electron chi connectivity index (χ1n) is 6.78. The summed E-state index contributed by atoms with van der Waals surface area (Å²) in [5, 5.41) is 0. The second-order valence-corrected chi connectivity index (χ2v) is 4.84. The van der Waals surface area contributed by atoms with Crippen LogP contribution in [0, 0.1) is 5.82 Å². The van der Waals surface area contributed by atoms with E-state index < -0.39 is 0 Å². The molecular formula is C15H20FN3O. The van der Waals surface area contributed by atoms with Gasteiger partial charge in [0.05, 0.1) is 18.2 Å². The van der Waals surface area contributed by atoms with Crippen LogP contribution >= 0.6 is 0 Å². The molecular weight excluding hydrogens is 257 g/mol. The Kier molecular flexibility index (Phi) is 4.74. The van der Waals surface area contributed by atoms with E-state index in [0.29, 0.717) is 17.9 Å². The number of aryl methyl sites for hydroxylation is 1. The minimum atomic E-state index is -0.305. The summed E-state index contributed by atoms with van der Waals surface area (Å²) in [7, 11) is 0. The molecule has 0 fully saturated rings. The third-order valence-corrected chi connectivity index (χ3v) is 3.10. The van der Waals surface area contributed by atoms with E-state index in [1.54, 1.807) is 18.6 Å². The van der Waals surface area contributed by atoms with Gasteiger partial charge in [-0.05, 0) is 31.5 Å². The van der Waals surface area contributed by atoms with E-state index in [1.807, 2.05) is 6.92 Å². The van der Waals surface area contributed by atoms with Gasteiger partial charge in [0.25, 0.3) is 0 Å². The van der Waals surface area contributed by atoms with Gasteiger partial charge in [-0.3, -0.25) is 0 Å². The summed E-state index contributed by atoms with van der Waals surface area (Å²) < 4.78 is 21.1. The van der Waals surface area contributed by atoms with Gasteiger partial charge in [0.1, 0.15) is 18.2 Å². The molecule has 1 aromatic carbocycles. The van der Waals surface area contributed by atoms with E-state index in [2.05, 4.69) is 16.5 Å². The Morgan fingerprint density at radius 1 is 1.45 bits per heavy atom. The van der Waals surface area contributed by atoms with Gasteiger partial charge in [-0.25, -0.2) is 9.37 Å². The van der Waals surface area contributed by atoms with Gasteiger partial charge in [-0.15, -0.1) is 0 Å². The van der Waals surface area contributed by atoms with Gasteiger partial charge in [-0.1, -0.05) is 6.92 Å². The average molecular weight is 277 g/mol.